The quantitative estimate of drug-likeness (QED) is 0.415. The molecule has 0 aliphatic carbocycles. The lowest BCUT2D eigenvalue weighted by molar-refractivity contribution is -0.730. The van der Waals surface area contributed by atoms with Gasteiger partial charge in [0.2, 0.25) is 0 Å². The summed E-state index contributed by atoms with van der Waals surface area (Å²) in [5.41, 5.74) is 0. The summed E-state index contributed by atoms with van der Waals surface area (Å²) in [6.07, 6.45) is 0. The SMILES string of the molecule is O=C(O[N+](=O)[O-])C1COCCN1. The fraction of sp³-hybridized carbons (Fsp3) is 0.800. The molecule has 1 aliphatic heterocycles. The average Bonchev–Trinajstić information content (AvgIpc) is 2.05. The van der Waals surface area contributed by atoms with Gasteiger partial charge in [-0.25, -0.2) is 4.84 Å². The molecular weight excluding hydrogens is 168 g/mol. The molecule has 7 heteroatoms. The molecule has 7 nitrogen and oxygen atoms in total. The van der Waals surface area contributed by atoms with Gasteiger partial charge in [0.25, 0.3) is 0 Å². The van der Waals surface area contributed by atoms with Gasteiger partial charge in [0.05, 0.1) is 13.2 Å². The minimum absolute atomic E-state index is 0.118. The lowest BCUT2D eigenvalue weighted by atomic mass is 10.3. The Morgan fingerprint density at radius 3 is 3.00 bits per heavy atom. The summed E-state index contributed by atoms with van der Waals surface area (Å²) in [6.45, 7) is 1.12. The van der Waals surface area contributed by atoms with Gasteiger partial charge in [-0.15, -0.1) is 10.1 Å². The molecule has 1 unspecified atom stereocenters. The van der Waals surface area contributed by atoms with E-state index in [-0.39, 0.29) is 6.61 Å². The molecule has 1 saturated heterocycles. The van der Waals surface area contributed by atoms with Crippen molar-refractivity contribution in [3.63, 3.8) is 0 Å². The highest BCUT2D eigenvalue weighted by Crippen LogP contribution is 1.95. The predicted molar refractivity (Wildman–Crippen MR) is 35.7 cm³/mol. The molecule has 0 amide bonds. The molecule has 0 saturated carbocycles. The zero-order valence-electron chi connectivity index (χ0n) is 6.19. The van der Waals surface area contributed by atoms with Gasteiger partial charge >= 0.3 is 11.1 Å². The highest BCUT2D eigenvalue weighted by molar-refractivity contribution is 5.75. The van der Waals surface area contributed by atoms with E-state index in [0.717, 1.165) is 0 Å². The Labute approximate surface area is 67.7 Å². The number of nitrogens with one attached hydrogen (secondary N) is 1. The first-order valence-electron chi connectivity index (χ1n) is 3.37. The molecule has 1 rings (SSSR count). The maximum atomic E-state index is 10.8. The Balaban J connectivity index is 2.34. The zero-order chi connectivity index (χ0) is 8.97. The van der Waals surface area contributed by atoms with Crippen LogP contribution < -0.4 is 5.32 Å². The van der Waals surface area contributed by atoms with E-state index >= 15 is 0 Å². The smallest absolute Gasteiger partial charge is 0.322 e. The van der Waals surface area contributed by atoms with Gasteiger partial charge < -0.3 is 10.1 Å². The Bertz CT molecular complexity index is 188. The van der Waals surface area contributed by atoms with Crippen molar-refractivity contribution in [1.29, 1.82) is 0 Å². The summed E-state index contributed by atoms with van der Waals surface area (Å²) in [5.74, 6) is -0.917. The fourth-order valence-electron chi connectivity index (χ4n) is 0.854. The van der Waals surface area contributed by atoms with Crippen LogP contribution in [0.15, 0.2) is 0 Å². The normalized spacial score (nSPS) is 23.2. The van der Waals surface area contributed by atoms with Crippen LogP contribution in [-0.4, -0.2) is 36.9 Å². The molecule has 68 valence electrons. The first-order valence-corrected chi connectivity index (χ1v) is 3.37. The monoisotopic (exact) mass is 176 g/mol. The highest BCUT2D eigenvalue weighted by Gasteiger charge is 2.23. The van der Waals surface area contributed by atoms with Gasteiger partial charge in [-0.1, -0.05) is 0 Å². The van der Waals surface area contributed by atoms with Crippen LogP contribution in [0.2, 0.25) is 0 Å². The van der Waals surface area contributed by atoms with Crippen LogP contribution in [-0.2, 0) is 14.4 Å². The Morgan fingerprint density at radius 1 is 1.75 bits per heavy atom. The first-order chi connectivity index (χ1) is 5.70. The molecule has 0 bridgehead atoms. The van der Waals surface area contributed by atoms with Gasteiger partial charge in [0, 0.05) is 6.54 Å². The van der Waals surface area contributed by atoms with Crippen molar-refractivity contribution >= 4 is 5.97 Å². The lowest BCUT2D eigenvalue weighted by Crippen LogP contribution is -2.47. The summed E-state index contributed by atoms with van der Waals surface area (Å²) in [4.78, 5) is 24.3. The van der Waals surface area contributed by atoms with E-state index in [0.29, 0.717) is 13.2 Å². The maximum Gasteiger partial charge on any atom is 0.322 e. The summed E-state index contributed by atoms with van der Waals surface area (Å²) in [5, 5.41) is 11.3. The average molecular weight is 176 g/mol. The molecule has 0 spiro atoms. The predicted octanol–water partition coefficient (Wildman–Crippen LogP) is -1.29. The molecule has 1 fully saturated rings. The number of rotatable bonds is 2. The molecule has 1 atom stereocenters. The van der Waals surface area contributed by atoms with Crippen LogP contribution in [0.1, 0.15) is 0 Å². The van der Waals surface area contributed by atoms with E-state index < -0.39 is 17.1 Å². The van der Waals surface area contributed by atoms with Crippen LogP contribution in [0, 0.1) is 10.1 Å². The van der Waals surface area contributed by atoms with E-state index in [1.165, 1.54) is 0 Å². The molecule has 0 aromatic rings. The summed E-state index contributed by atoms with van der Waals surface area (Å²) in [6, 6.07) is -0.718. The van der Waals surface area contributed by atoms with Gasteiger partial charge in [-0.3, -0.25) is 4.79 Å². The number of hydrogen-bond acceptors (Lipinski definition) is 6. The van der Waals surface area contributed by atoms with Crippen molar-refractivity contribution in [3.8, 4) is 0 Å². The summed E-state index contributed by atoms with van der Waals surface area (Å²) >= 11 is 0. The van der Waals surface area contributed by atoms with E-state index in [4.69, 9.17) is 4.74 Å². The topological polar surface area (TPSA) is 90.7 Å². The Hall–Kier alpha value is -1.21. The van der Waals surface area contributed by atoms with Crippen LogP contribution >= 0.6 is 0 Å². The molecule has 0 radical (unpaired) electrons. The van der Waals surface area contributed by atoms with Gasteiger partial charge in [-0.2, -0.15) is 0 Å². The summed E-state index contributed by atoms with van der Waals surface area (Å²) < 4.78 is 4.90. The van der Waals surface area contributed by atoms with Crippen molar-refractivity contribution in [2.24, 2.45) is 0 Å². The minimum atomic E-state index is -1.13. The number of morpholine rings is 1. The first kappa shape index (κ1) is 8.88. The third-order valence-electron chi connectivity index (χ3n) is 1.37. The van der Waals surface area contributed by atoms with Crippen LogP contribution in [0.4, 0.5) is 0 Å². The van der Waals surface area contributed by atoms with Crippen molar-refractivity contribution in [3.05, 3.63) is 10.1 Å². The second-order valence-electron chi connectivity index (χ2n) is 2.22. The minimum Gasteiger partial charge on any atom is -0.378 e. The molecule has 12 heavy (non-hydrogen) atoms. The second kappa shape index (κ2) is 3.98. The summed E-state index contributed by atoms with van der Waals surface area (Å²) in [7, 11) is 0. The van der Waals surface area contributed by atoms with Gasteiger partial charge in [0.15, 0.2) is 0 Å². The maximum absolute atomic E-state index is 10.8. The van der Waals surface area contributed by atoms with E-state index in [1.54, 1.807) is 0 Å². The molecule has 1 aliphatic rings. The number of carbonyl (C=O) groups is 1. The molecule has 1 heterocycles. The largest absolute Gasteiger partial charge is 0.378 e. The van der Waals surface area contributed by atoms with Crippen molar-refractivity contribution in [1.82, 2.24) is 5.32 Å². The van der Waals surface area contributed by atoms with Crippen LogP contribution in [0.5, 0.6) is 0 Å². The third kappa shape index (κ3) is 2.44. The van der Waals surface area contributed by atoms with Crippen molar-refractivity contribution in [2.75, 3.05) is 19.8 Å². The fourth-order valence-corrected chi connectivity index (χ4v) is 0.854. The number of nitrogens with zero attached hydrogens (tertiary/aromatic N) is 1. The molecule has 0 aromatic heterocycles. The highest BCUT2D eigenvalue weighted by atomic mass is 17.0. The van der Waals surface area contributed by atoms with Crippen molar-refractivity contribution < 1.29 is 19.5 Å². The van der Waals surface area contributed by atoms with E-state index in [2.05, 4.69) is 10.2 Å². The molecular formula is C5H8N2O5. The molecule has 1 N–H and O–H groups in total. The van der Waals surface area contributed by atoms with E-state index in [9.17, 15) is 14.9 Å². The lowest BCUT2D eigenvalue weighted by Gasteiger charge is -2.20. The van der Waals surface area contributed by atoms with E-state index in [1.807, 2.05) is 0 Å². The van der Waals surface area contributed by atoms with Crippen LogP contribution in [0.25, 0.3) is 0 Å². The van der Waals surface area contributed by atoms with Gasteiger partial charge in [0.1, 0.15) is 6.04 Å². The number of ether oxygens (including phenoxy) is 1. The zero-order valence-corrected chi connectivity index (χ0v) is 6.19. The standard InChI is InChI=1S/C5H8N2O5/c8-5(12-7(9)10)4-3-11-2-1-6-4/h4,6H,1-3H2. The van der Waals surface area contributed by atoms with Crippen molar-refractivity contribution in [2.45, 2.75) is 6.04 Å². The molecule has 0 aromatic carbocycles. The van der Waals surface area contributed by atoms with Crippen LogP contribution in [0.3, 0.4) is 0 Å². The van der Waals surface area contributed by atoms with Gasteiger partial charge in [-0.05, 0) is 0 Å². The Morgan fingerprint density at radius 2 is 2.50 bits per heavy atom. The third-order valence-corrected chi connectivity index (χ3v) is 1.37. The Kier molecular flexibility index (Phi) is 2.94. The number of carbonyl (C=O) groups excluding carboxylic acids is 1. The number of hydrogen-bond donors (Lipinski definition) is 1. The second-order valence-corrected chi connectivity index (χ2v) is 2.22.